The summed E-state index contributed by atoms with van der Waals surface area (Å²) in [5.41, 5.74) is -0.0177. The molecule has 1 aliphatic heterocycles. The van der Waals surface area contributed by atoms with Gasteiger partial charge in [0.1, 0.15) is 5.78 Å². The fraction of sp³-hybridized carbons (Fsp3) is 0.250. The molecule has 3 aromatic rings. The molecule has 2 aliphatic rings. The second-order valence-electron chi connectivity index (χ2n) is 6.79. The number of Topliss-reactive ketones (excluding diaryl/α,β-unsaturated/α-hetero) is 1. The topological polar surface area (TPSA) is 72.2 Å². The van der Waals surface area contributed by atoms with Crippen molar-refractivity contribution in [2.24, 2.45) is 5.92 Å². The third kappa shape index (κ3) is 1.73. The molecule has 2 heterocycles. The molecule has 0 saturated heterocycles. The Morgan fingerprint density at radius 2 is 1.84 bits per heavy atom. The van der Waals surface area contributed by atoms with Gasteiger partial charge in [-0.25, -0.2) is 4.98 Å². The smallest absolute Gasteiger partial charge is 0.266 e. The summed E-state index contributed by atoms with van der Waals surface area (Å²) < 4.78 is 1.48. The van der Waals surface area contributed by atoms with Crippen LogP contribution in [0.15, 0.2) is 53.3 Å². The molecular formula is C20H16N2O3. The molecule has 1 aromatic heterocycles. The van der Waals surface area contributed by atoms with Gasteiger partial charge in [-0.15, -0.1) is 0 Å². The highest BCUT2D eigenvalue weighted by Crippen LogP contribution is 2.48. The second-order valence-corrected chi connectivity index (χ2v) is 6.79. The molecule has 124 valence electrons. The highest BCUT2D eigenvalue weighted by atomic mass is 16.3. The summed E-state index contributed by atoms with van der Waals surface area (Å²) in [4.78, 5) is 30.2. The van der Waals surface area contributed by atoms with Gasteiger partial charge in [-0.3, -0.25) is 14.2 Å². The fourth-order valence-corrected chi connectivity index (χ4v) is 4.32. The Hall–Kier alpha value is -2.79. The molecule has 2 aromatic carbocycles. The molecule has 25 heavy (non-hydrogen) atoms. The molecule has 0 unspecified atom stereocenters. The number of fused-ring (bicyclic) bond motifs is 4. The van der Waals surface area contributed by atoms with Crippen LogP contribution in [0, 0.1) is 5.92 Å². The Balaban J connectivity index is 1.93. The van der Waals surface area contributed by atoms with Crippen LogP contribution in [-0.2, 0) is 10.4 Å². The molecule has 1 N–H and O–H groups in total. The number of carbonyl (C=O) groups is 1. The number of aromatic nitrogens is 2. The minimum Gasteiger partial charge on any atom is -0.376 e. The Kier molecular flexibility index (Phi) is 2.83. The van der Waals surface area contributed by atoms with Gasteiger partial charge in [0.05, 0.1) is 22.5 Å². The quantitative estimate of drug-likeness (QED) is 0.742. The van der Waals surface area contributed by atoms with Crippen molar-refractivity contribution in [2.45, 2.75) is 24.9 Å². The minimum atomic E-state index is -1.55. The summed E-state index contributed by atoms with van der Waals surface area (Å²) in [5, 5.41) is 12.2. The number of rotatable bonds is 1. The molecule has 1 fully saturated rings. The van der Waals surface area contributed by atoms with Crippen molar-refractivity contribution in [2.75, 3.05) is 0 Å². The number of benzene rings is 2. The van der Waals surface area contributed by atoms with E-state index in [4.69, 9.17) is 0 Å². The van der Waals surface area contributed by atoms with E-state index in [0.717, 1.165) is 6.42 Å². The largest absolute Gasteiger partial charge is 0.376 e. The molecule has 5 heteroatoms. The minimum absolute atomic E-state index is 0.0353. The molecule has 1 saturated carbocycles. The molecule has 5 rings (SSSR count). The maximum atomic E-state index is 13.1. The normalized spacial score (nSPS) is 24.5. The Labute approximate surface area is 143 Å². The average molecular weight is 332 g/mol. The van der Waals surface area contributed by atoms with E-state index in [0.29, 0.717) is 35.0 Å². The lowest BCUT2D eigenvalue weighted by atomic mass is 9.80. The van der Waals surface area contributed by atoms with Crippen molar-refractivity contribution < 1.29 is 9.90 Å². The number of hydrogen-bond donors (Lipinski definition) is 1. The van der Waals surface area contributed by atoms with E-state index in [1.165, 1.54) is 4.57 Å². The monoisotopic (exact) mass is 332 g/mol. The predicted molar refractivity (Wildman–Crippen MR) is 92.7 cm³/mol. The molecule has 0 radical (unpaired) electrons. The van der Waals surface area contributed by atoms with Crippen LogP contribution in [0.4, 0.5) is 0 Å². The van der Waals surface area contributed by atoms with Crippen LogP contribution in [0.2, 0.25) is 0 Å². The van der Waals surface area contributed by atoms with Crippen LogP contribution >= 0.6 is 0 Å². The molecule has 0 bridgehead atoms. The zero-order valence-corrected chi connectivity index (χ0v) is 13.5. The van der Waals surface area contributed by atoms with Gasteiger partial charge in [-0.2, -0.15) is 0 Å². The molecular weight excluding hydrogens is 316 g/mol. The number of para-hydroxylation sites is 2. The van der Waals surface area contributed by atoms with Crippen molar-refractivity contribution in [3.8, 4) is 5.69 Å². The maximum absolute atomic E-state index is 13.1. The molecule has 2 atom stereocenters. The zero-order chi connectivity index (χ0) is 17.2. The molecule has 0 spiro atoms. The maximum Gasteiger partial charge on any atom is 0.266 e. The summed E-state index contributed by atoms with van der Waals surface area (Å²) in [6, 6.07) is 14.3. The van der Waals surface area contributed by atoms with Crippen LogP contribution < -0.4 is 5.56 Å². The average Bonchev–Trinajstić information content (AvgIpc) is 3.17. The van der Waals surface area contributed by atoms with E-state index in [1.807, 2.05) is 18.2 Å². The zero-order valence-electron chi connectivity index (χ0n) is 13.5. The number of ketones is 1. The summed E-state index contributed by atoms with van der Waals surface area (Å²) in [7, 11) is 0. The SMILES string of the molecule is O=C1CCC[C@@H]1[C@]1(O)c2ccccc2-n2c1nc1ccccc1c2=O. The van der Waals surface area contributed by atoms with Gasteiger partial charge in [0, 0.05) is 12.0 Å². The van der Waals surface area contributed by atoms with Gasteiger partial charge in [0.2, 0.25) is 0 Å². The lowest BCUT2D eigenvalue weighted by molar-refractivity contribution is -0.127. The third-order valence-corrected chi connectivity index (χ3v) is 5.48. The summed E-state index contributed by atoms with van der Waals surface area (Å²) in [6.45, 7) is 0. The van der Waals surface area contributed by atoms with E-state index < -0.39 is 11.5 Å². The van der Waals surface area contributed by atoms with Crippen LogP contribution in [0.25, 0.3) is 16.6 Å². The van der Waals surface area contributed by atoms with E-state index in [-0.39, 0.29) is 17.2 Å². The molecule has 0 amide bonds. The van der Waals surface area contributed by atoms with E-state index in [2.05, 4.69) is 4.98 Å². The van der Waals surface area contributed by atoms with Gasteiger partial charge in [0.25, 0.3) is 5.56 Å². The Morgan fingerprint density at radius 3 is 2.64 bits per heavy atom. The van der Waals surface area contributed by atoms with Crippen LogP contribution in [-0.4, -0.2) is 20.4 Å². The van der Waals surface area contributed by atoms with Gasteiger partial charge >= 0.3 is 0 Å². The van der Waals surface area contributed by atoms with Crippen molar-refractivity contribution >= 4 is 16.7 Å². The number of carbonyl (C=O) groups excluding carboxylic acids is 1. The first kappa shape index (κ1) is 14.5. The highest BCUT2D eigenvalue weighted by Gasteiger charge is 2.53. The molecule has 1 aliphatic carbocycles. The number of hydrogen-bond acceptors (Lipinski definition) is 4. The first-order valence-corrected chi connectivity index (χ1v) is 8.49. The van der Waals surface area contributed by atoms with E-state index >= 15 is 0 Å². The van der Waals surface area contributed by atoms with Crippen LogP contribution in [0.3, 0.4) is 0 Å². The van der Waals surface area contributed by atoms with E-state index in [9.17, 15) is 14.7 Å². The summed E-state index contributed by atoms with van der Waals surface area (Å²) in [6.07, 6.45) is 1.82. The predicted octanol–water partition coefficient (Wildman–Crippen LogP) is 2.30. The van der Waals surface area contributed by atoms with Gasteiger partial charge in [-0.1, -0.05) is 30.3 Å². The van der Waals surface area contributed by atoms with Gasteiger partial charge < -0.3 is 5.11 Å². The standard InChI is InChI=1S/C20H16N2O3/c23-17-11-5-8-14(17)20(25)13-7-2-4-10-16(13)22-18(24)12-6-1-3-9-15(12)21-19(20)22/h1-4,6-7,9-10,14,25H,5,8,11H2/t14-,20+/m0/s1. The Morgan fingerprint density at radius 1 is 1.08 bits per heavy atom. The van der Waals surface area contributed by atoms with Crippen molar-refractivity contribution in [3.05, 3.63) is 70.3 Å². The number of aliphatic hydroxyl groups is 1. The highest BCUT2D eigenvalue weighted by molar-refractivity contribution is 5.86. The first-order chi connectivity index (χ1) is 12.1. The van der Waals surface area contributed by atoms with Gasteiger partial charge in [-0.05, 0) is 31.0 Å². The fourth-order valence-electron chi connectivity index (χ4n) is 4.32. The van der Waals surface area contributed by atoms with E-state index in [1.54, 1.807) is 30.3 Å². The lowest BCUT2D eigenvalue weighted by Gasteiger charge is -2.29. The summed E-state index contributed by atoms with van der Waals surface area (Å²) in [5.74, 6) is -0.263. The summed E-state index contributed by atoms with van der Waals surface area (Å²) >= 11 is 0. The first-order valence-electron chi connectivity index (χ1n) is 8.49. The Bertz CT molecular complexity index is 1100. The van der Waals surface area contributed by atoms with Crippen molar-refractivity contribution in [1.82, 2.24) is 9.55 Å². The third-order valence-electron chi connectivity index (χ3n) is 5.48. The van der Waals surface area contributed by atoms with Crippen LogP contribution in [0.1, 0.15) is 30.7 Å². The van der Waals surface area contributed by atoms with Gasteiger partial charge in [0.15, 0.2) is 11.4 Å². The number of nitrogens with zero attached hydrogens (tertiary/aromatic N) is 2. The lowest BCUT2D eigenvalue weighted by Crippen LogP contribution is -2.39. The second kappa shape index (κ2) is 4.86. The van der Waals surface area contributed by atoms with Crippen LogP contribution in [0.5, 0.6) is 0 Å². The molecule has 5 nitrogen and oxygen atoms in total. The van der Waals surface area contributed by atoms with Crippen molar-refractivity contribution in [1.29, 1.82) is 0 Å². The van der Waals surface area contributed by atoms with Crippen molar-refractivity contribution in [3.63, 3.8) is 0 Å².